The molecule has 0 amide bonds. The first-order valence-electron chi connectivity index (χ1n) is 5.38. The number of carbonyl (C=O) groups is 1. The van der Waals surface area contributed by atoms with Gasteiger partial charge in [-0.2, -0.15) is 0 Å². The summed E-state index contributed by atoms with van der Waals surface area (Å²) < 4.78 is 5.58. The molecular weight excluding hydrogens is 252 g/mol. The molecule has 0 bridgehead atoms. The molecule has 96 valence electrons. The topological polar surface area (TPSA) is 85.4 Å². The van der Waals surface area contributed by atoms with Crippen LogP contribution in [0, 0.1) is 0 Å². The molecule has 5 nitrogen and oxygen atoms in total. The average molecular weight is 266 g/mol. The van der Waals surface area contributed by atoms with Crippen molar-refractivity contribution in [2.24, 2.45) is 0 Å². The Balaban J connectivity index is 0.000000139. The number of rotatable bonds is 0. The van der Waals surface area contributed by atoms with Crippen molar-refractivity contribution in [3.05, 3.63) is 12.1 Å². The predicted molar refractivity (Wildman–Crippen MR) is 71.9 cm³/mol. The number of nitrogen functional groups attached to an aromatic ring is 1. The number of nitrogens with zero attached hydrogens (tertiary/aromatic N) is 1. The van der Waals surface area contributed by atoms with Crippen LogP contribution in [0.3, 0.4) is 0 Å². The van der Waals surface area contributed by atoms with Crippen LogP contribution >= 0.6 is 11.3 Å². The van der Waals surface area contributed by atoms with Gasteiger partial charge in [-0.3, -0.25) is 0 Å². The van der Waals surface area contributed by atoms with Crippen LogP contribution in [0.15, 0.2) is 12.1 Å². The van der Waals surface area contributed by atoms with Gasteiger partial charge in [0.05, 0.1) is 10.2 Å². The predicted octanol–water partition coefficient (Wildman–Crippen LogP) is 3.34. The Morgan fingerprint density at radius 1 is 1.44 bits per heavy atom. The summed E-state index contributed by atoms with van der Waals surface area (Å²) in [4.78, 5) is 14.0. The van der Waals surface area contributed by atoms with E-state index in [1.807, 2.05) is 0 Å². The van der Waals surface area contributed by atoms with Gasteiger partial charge in [-0.25, -0.2) is 9.78 Å². The van der Waals surface area contributed by atoms with Crippen molar-refractivity contribution in [1.82, 2.24) is 4.98 Å². The fourth-order valence-electron chi connectivity index (χ4n) is 1.49. The summed E-state index contributed by atoms with van der Waals surface area (Å²) in [5.41, 5.74) is 8.67. The molecule has 0 radical (unpaired) electrons. The maximum atomic E-state index is 9.79. The van der Waals surface area contributed by atoms with E-state index in [1.165, 1.54) is 15.8 Å². The van der Waals surface area contributed by atoms with Gasteiger partial charge in [0, 0.05) is 5.56 Å². The number of aromatic nitrogens is 1. The lowest BCUT2D eigenvalue weighted by Gasteiger charge is -2.15. The summed E-state index contributed by atoms with van der Waals surface area (Å²) in [6.07, 6.45) is -1.22. The van der Waals surface area contributed by atoms with Crippen LogP contribution in [-0.4, -0.2) is 21.8 Å². The van der Waals surface area contributed by atoms with Gasteiger partial charge in [-0.1, -0.05) is 11.3 Å². The fourth-order valence-corrected chi connectivity index (χ4v) is 2.29. The smallest absolute Gasteiger partial charge is 0.450 e. The fraction of sp³-hybridized carbons (Fsp3) is 0.333. The van der Waals surface area contributed by atoms with Crippen LogP contribution in [-0.2, 0) is 4.74 Å². The molecule has 1 aromatic rings. The third kappa shape index (κ3) is 2.89. The number of ether oxygens (including phenoxy) is 1. The van der Waals surface area contributed by atoms with Crippen LogP contribution in [0.2, 0.25) is 0 Å². The SMILES string of the molecule is CC(C)(C)OC(=O)O.Nc1nc2c3cc-3cc2s1. The second-order valence-corrected chi connectivity index (χ2v) is 5.97. The third-order valence-electron chi connectivity index (χ3n) is 2.13. The largest absolute Gasteiger partial charge is 0.506 e. The van der Waals surface area contributed by atoms with E-state index in [0.717, 1.165) is 5.52 Å². The lowest BCUT2D eigenvalue weighted by molar-refractivity contribution is 0.0150. The van der Waals surface area contributed by atoms with Crippen molar-refractivity contribution >= 4 is 32.8 Å². The molecule has 0 spiro atoms. The Bertz CT molecular complexity index is 614. The van der Waals surface area contributed by atoms with Gasteiger partial charge in [-0.15, -0.1) is 0 Å². The van der Waals surface area contributed by atoms with Gasteiger partial charge >= 0.3 is 6.16 Å². The zero-order valence-electron chi connectivity index (χ0n) is 10.4. The molecule has 0 atom stereocenters. The highest BCUT2D eigenvalue weighted by Crippen LogP contribution is 2.45. The molecule has 3 rings (SSSR count). The molecule has 2 aliphatic carbocycles. The first kappa shape index (κ1) is 12.6. The van der Waals surface area contributed by atoms with Gasteiger partial charge in [0.2, 0.25) is 0 Å². The van der Waals surface area contributed by atoms with Gasteiger partial charge in [0.25, 0.3) is 0 Å². The van der Waals surface area contributed by atoms with Gasteiger partial charge in [-0.05, 0) is 38.5 Å². The van der Waals surface area contributed by atoms with E-state index < -0.39 is 11.8 Å². The Morgan fingerprint density at radius 3 is 2.56 bits per heavy atom. The molecule has 2 aliphatic rings. The molecule has 3 N–H and O–H groups in total. The minimum atomic E-state index is -1.22. The van der Waals surface area contributed by atoms with Crippen molar-refractivity contribution in [3.63, 3.8) is 0 Å². The molecule has 0 unspecified atom stereocenters. The van der Waals surface area contributed by atoms with Crippen molar-refractivity contribution in [3.8, 4) is 11.1 Å². The van der Waals surface area contributed by atoms with Gasteiger partial charge in [0.1, 0.15) is 5.60 Å². The van der Waals surface area contributed by atoms with E-state index in [0.29, 0.717) is 5.13 Å². The number of nitrogens with two attached hydrogens (primary N) is 1. The summed E-state index contributed by atoms with van der Waals surface area (Å²) >= 11 is 1.56. The van der Waals surface area contributed by atoms with Crippen molar-refractivity contribution in [2.75, 3.05) is 5.73 Å². The van der Waals surface area contributed by atoms with Crippen LogP contribution < -0.4 is 5.73 Å². The molecule has 1 heterocycles. The summed E-state index contributed by atoms with van der Waals surface area (Å²) in [6, 6.07) is 4.26. The molecular formula is C12H14N2O3S. The lowest BCUT2D eigenvalue weighted by atomic mass is 10.2. The summed E-state index contributed by atoms with van der Waals surface area (Å²) in [6.45, 7) is 5.04. The molecule has 0 aliphatic heterocycles. The first-order chi connectivity index (χ1) is 8.26. The first-order valence-corrected chi connectivity index (χ1v) is 6.20. The Hall–Kier alpha value is -1.82. The number of benzene rings is 1. The molecule has 0 fully saturated rings. The highest BCUT2D eigenvalue weighted by Gasteiger charge is 2.20. The van der Waals surface area contributed by atoms with E-state index in [9.17, 15) is 4.79 Å². The Labute approximate surface area is 108 Å². The van der Waals surface area contributed by atoms with Crippen LogP contribution in [0.4, 0.5) is 9.93 Å². The zero-order valence-corrected chi connectivity index (χ0v) is 11.2. The van der Waals surface area contributed by atoms with E-state index >= 15 is 0 Å². The van der Waals surface area contributed by atoms with Gasteiger partial charge < -0.3 is 15.6 Å². The maximum Gasteiger partial charge on any atom is 0.506 e. The normalized spacial score (nSPS) is 11.7. The highest BCUT2D eigenvalue weighted by atomic mass is 32.1. The monoisotopic (exact) mass is 266 g/mol. The lowest BCUT2D eigenvalue weighted by Crippen LogP contribution is -2.22. The zero-order chi connectivity index (χ0) is 13.5. The van der Waals surface area contributed by atoms with E-state index in [1.54, 1.807) is 32.1 Å². The Morgan fingerprint density at radius 2 is 2.11 bits per heavy atom. The van der Waals surface area contributed by atoms with Crippen LogP contribution in [0.1, 0.15) is 20.8 Å². The molecule has 0 saturated carbocycles. The van der Waals surface area contributed by atoms with Crippen molar-refractivity contribution in [2.45, 2.75) is 26.4 Å². The summed E-state index contributed by atoms with van der Waals surface area (Å²) in [7, 11) is 0. The number of anilines is 1. The quantitative estimate of drug-likeness (QED) is 0.609. The molecule has 1 aromatic heterocycles. The third-order valence-corrected chi connectivity index (χ3v) is 2.96. The molecule has 0 aromatic carbocycles. The summed E-state index contributed by atoms with van der Waals surface area (Å²) in [5.74, 6) is 0. The number of fused-ring (bicyclic) bond motifs is 3. The summed E-state index contributed by atoms with van der Waals surface area (Å²) in [5, 5.41) is 8.70. The standard InChI is InChI=1S/C7H4N2S.C5H10O3/c8-7-9-6-4-1-3(4)2-5(6)10-7;1-5(2,3)8-4(6)7/h1-2H,(H2,8,9);1-3H3,(H,6,7). The van der Waals surface area contributed by atoms with E-state index in [4.69, 9.17) is 10.8 Å². The number of hydrogen-bond acceptors (Lipinski definition) is 5. The maximum absolute atomic E-state index is 9.79. The van der Waals surface area contributed by atoms with E-state index in [2.05, 4.69) is 21.9 Å². The number of hydrogen-bond donors (Lipinski definition) is 2. The van der Waals surface area contributed by atoms with Crippen LogP contribution in [0.5, 0.6) is 0 Å². The molecule has 0 saturated heterocycles. The Kier molecular flexibility index (Phi) is 2.90. The minimum Gasteiger partial charge on any atom is -0.450 e. The minimum absolute atomic E-state index is 0.578. The molecule has 18 heavy (non-hydrogen) atoms. The van der Waals surface area contributed by atoms with Gasteiger partial charge in [0.15, 0.2) is 5.13 Å². The average Bonchev–Trinajstić information content (AvgIpc) is 2.67. The molecule has 6 heteroatoms. The number of thiazole rings is 1. The second kappa shape index (κ2) is 4.13. The van der Waals surface area contributed by atoms with Crippen LogP contribution in [0.25, 0.3) is 21.3 Å². The number of carboxylic acid groups (broad SMARTS) is 1. The highest BCUT2D eigenvalue weighted by molar-refractivity contribution is 7.22. The second-order valence-electron chi connectivity index (χ2n) is 4.90. The van der Waals surface area contributed by atoms with E-state index in [-0.39, 0.29) is 0 Å². The van der Waals surface area contributed by atoms with Crippen molar-refractivity contribution in [1.29, 1.82) is 0 Å². The van der Waals surface area contributed by atoms with Crippen molar-refractivity contribution < 1.29 is 14.6 Å².